The Balaban J connectivity index is 2.10. The Morgan fingerprint density at radius 1 is 1.09 bits per heavy atom. The van der Waals surface area contributed by atoms with Crippen molar-refractivity contribution in [2.45, 2.75) is 33.3 Å². The summed E-state index contributed by atoms with van der Waals surface area (Å²) >= 11 is 0. The lowest BCUT2D eigenvalue weighted by Gasteiger charge is -2.13. The van der Waals surface area contributed by atoms with Gasteiger partial charge in [0, 0.05) is 0 Å². The van der Waals surface area contributed by atoms with E-state index in [0.29, 0.717) is 6.61 Å². The summed E-state index contributed by atoms with van der Waals surface area (Å²) in [6.07, 6.45) is 1.28. The van der Waals surface area contributed by atoms with Gasteiger partial charge < -0.3 is 9.47 Å². The van der Waals surface area contributed by atoms with Crippen LogP contribution in [0.1, 0.15) is 29.2 Å². The fourth-order valence-corrected chi connectivity index (χ4v) is 2.35. The Morgan fingerprint density at radius 2 is 1.82 bits per heavy atom. The third kappa shape index (κ3) is 4.10. The predicted octanol–water partition coefficient (Wildman–Crippen LogP) is 3.85. The quantitative estimate of drug-likeness (QED) is 0.760. The van der Waals surface area contributed by atoms with Crippen LogP contribution in [-0.4, -0.2) is 13.1 Å². The number of esters is 1. The van der Waals surface area contributed by atoms with Gasteiger partial charge in [-0.25, -0.2) is 0 Å². The molecule has 2 aromatic carbocycles. The van der Waals surface area contributed by atoms with Crippen LogP contribution < -0.4 is 4.74 Å². The third-order valence-corrected chi connectivity index (χ3v) is 3.71. The average Bonchev–Trinajstić information content (AvgIpc) is 2.54. The number of carbonyl (C=O) groups excluding carboxylic acids is 1. The summed E-state index contributed by atoms with van der Waals surface area (Å²) in [6.45, 7) is 4.63. The van der Waals surface area contributed by atoms with Gasteiger partial charge >= 0.3 is 5.97 Å². The highest BCUT2D eigenvalue weighted by molar-refractivity contribution is 5.72. The van der Waals surface area contributed by atoms with Crippen molar-refractivity contribution in [2.24, 2.45) is 0 Å². The van der Waals surface area contributed by atoms with Crippen LogP contribution >= 0.6 is 0 Å². The minimum absolute atomic E-state index is 0.240. The fourth-order valence-electron chi connectivity index (χ4n) is 2.35. The molecule has 0 N–H and O–H groups in total. The summed E-state index contributed by atoms with van der Waals surface area (Å²) in [7, 11) is 1.40. The zero-order chi connectivity index (χ0) is 15.9. The van der Waals surface area contributed by atoms with Gasteiger partial charge in [-0.05, 0) is 41.7 Å². The second-order valence-electron chi connectivity index (χ2n) is 5.26. The van der Waals surface area contributed by atoms with E-state index in [-0.39, 0.29) is 12.4 Å². The molecule has 116 valence electrons. The van der Waals surface area contributed by atoms with Crippen molar-refractivity contribution < 1.29 is 14.3 Å². The van der Waals surface area contributed by atoms with Crippen molar-refractivity contribution in [2.75, 3.05) is 7.11 Å². The van der Waals surface area contributed by atoms with Gasteiger partial charge in [0.2, 0.25) is 0 Å². The molecule has 0 aliphatic carbocycles. The second kappa shape index (κ2) is 7.64. The molecule has 3 heteroatoms. The van der Waals surface area contributed by atoms with Crippen LogP contribution in [0.4, 0.5) is 0 Å². The van der Waals surface area contributed by atoms with Gasteiger partial charge in [0.05, 0.1) is 13.5 Å². The first-order valence-corrected chi connectivity index (χ1v) is 7.50. The average molecular weight is 298 g/mol. The Kier molecular flexibility index (Phi) is 5.59. The van der Waals surface area contributed by atoms with E-state index in [1.807, 2.05) is 30.3 Å². The molecule has 0 saturated carbocycles. The van der Waals surface area contributed by atoms with Crippen molar-refractivity contribution in [3.8, 4) is 5.75 Å². The zero-order valence-electron chi connectivity index (χ0n) is 13.4. The van der Waals surface area contributed by atoms with E-state index in [0.717, 1.165) is 28.9 Å². The van der Waals surface area contributed by atoms with E-state index in [4.69, 9.17) is 9.47 Å². The molecule has 0 aromatic heterocycles. The van der Waals surface area contributed by atoms with Gasteiger partial charge in [-0.15, -0.1) is 0 Å². The van der Waals surface area contributed by atoms with Gasteiger partial charge in [-0.2, -0.15) is 0 Å². The maximum Gasteiger partial charge on any atom is 0.309 e. The van der Waals surface area contributed by atoms with Gasteiger partial charge in [0.25, 0.3) is 0 Å². The molecule has 0 amide bonds. The first-order valence-electron chi connectivity index (χ1n) is 7.50. The smallest absolute Gasteiger partial charge is 0.309 e. The molecule has 2 aromatic rings. The molecule has 22 heavy (non-hydrogen) atoms. The Morgan fingerprint density at radius 3 is 2.45 bits per heavy atom. The van der Waals surface area contributed by atoms with E-state index in [1.165, 1.54) is 12.7 Å². The maximum atomic E-state index is 11.5. The van der Waals surface area contributed by atoms with Gasteiger partial charge in [-0.3, -0.25) is 4.79 Å². The van der Waals surface area contributed by atoms with E-state index in [9.17, 15) is 4.79 Å². The summed E-state index contributed by atoms with van der Waals surface area (Å²) in [5.74, 6) is 0.640. The molecule has 0 saturated heterocycles. The second-order valence-corrected chi connectivity index (χ2v) is 5.26. The molecule has 3 nitrogen and oxygen atoms in total. The fraction of sp³-hybridized carbons (Fsp3) is 0.316. The molecular weight excluding hydrogens is 276 g/mol. The van der Waals surface area contributed by atoms with Crippen LogP contribution in [0.2, 0.25) is 0 Å². The molecular formula is C19H22O3. The topological polar surface area (TPSA) is 35.5 Å². The first-order chi connectivity index (χ1) is 10.6. The Bertz CT molecular complexity index is 647. The summed E-state index contributed by atoms with van der Waals surface area (Å²) in [4.78, 5) is 11.5. The van der Waals surface area contributed by atoms with Crippen LogP contribution in [0.3, 0.4) is 0 Å². The van der Waals surface area contributed by atoms with Crippen LogP contribution in [0.15, 0.2) is 42.5 Å². The molecule has 0 bridgehead atoms. The van der Waals surface area contributed by atoms with E-state index < -0.39 is 0 Å². The van der Waals surface area contributed by atoms with Gasteiger partial charge in [0.15, 0.2) is 0 Å². The van der Waals surface area contributed by atoms with Crippen molar-refractivity contribution >= 4 is 5.97 Å². The SMILES string of the molecule is CCc1ccc(OCc2ccccc2CC(=O)OC)c(C)c1. The molecule has 0 aliphatic rings. The lowest BCUT2D eigenvalue weighted by Crippen LogP contribution is -2.08. The Hall–Kier alpha value is -2.29. The van der Waals surface area contributed by atoms with Crippen molar-refractivity contribution in [1.82, 2.24) is 0 Å². The van der Waals surface area contributed by atoms with E-state index >= 15 is 0 Å². The number of aryl methyl sites for hydroxylation is 2. The predicted molar refractivity (Wildman–Crippen MR) is 87.1 cm³/mol. The number of benzene rings is 2. The lowest BCUT2D eigenvalue weighted by molar-refractivity contribution is -0.139. The monoisotopic (exact) mass is 298 g/mol. The Labute approximate surface area is 131 Å². The first kappa shape index (κ1) is 16.1. The van der Waals surface area contributed by atoms with Crippen LogP contribution in [0, 0.1) is 6.92 Å². The largest absolute Gasteiger partial charge is 0.489 e. The molecule has 0 atom stereocenters. The standard InChI is InChI=1S/C19H22O3/c1-4-15-9-10-18(14(2)11-15)22-13-17-8-6-5-7-16(17)12-19(20)21-3/h5-11H,4,12-13H2,1-3H3. The number of rotatable bonds is 6. The summed E-state index contributed by atoms with van der Waals surface area (Å²) in [5, 5.41) is 0. The minimum atomic E-state index is -0.240. The molecule has 0 heterocycles. The number of ether oxygens (including phenoxy) is 2. The molecule has 0 aliphatic heterocycles. The normalized spacial score (nSPS) is 10.3. The van der Waals surface area contributed by atoms with Crippen LogP contribution in [-0.2, 0) is 29.0 Å². The highest BCUT2D eigenvalue weighted by Gasteiger charge is 2.09. The summed E-state index contributed by atoms with van der Waals surface area (Å²) in [6, 6.07) is 14.0. The van der Waals surface area contributed by atoms with Crippen LogP contribution in [0.5, 0.6) is 5.75 Å². The van der Waals surface area contributed by atoms with Gasteiger partial charge in [-0.1, -0.05) is 43.3 Å². The minimum Gasteiger partial charge on any atom is -0.489 e. The van der Waals surface area contributed by atoms with Crippen molar-refractivity contribution in [3.05, 3.63) is 64.7 Å². The molecule has 0 radical (unpaired) electrons. The third-order valence-electron chi connectivity index (χ3n) is 3.71. The summed E-state index contributed by atoms with van der Waals surface area (Å²) in [5.41, 5.74) is 4.38. The number of carbonyl (C=O) groups is 1. The highest BCUT2D eigenvalue weighted by Crippen LogP contribution is 2.21. The molecule has 0 fully saturated rings. The highest BCUT2D eigenvalue weighted by atomic mass is 16.5. The maximum absolute atomic E-state index is 11.5. The molecule has 0 unspecified atom stereocenters. The van der Waals surface area contributed by atoms with E-state index in [1.54, 1.807) is 0 Å². The molecule has 2 rings (SSSR count). The summed E-state index contributed by atoms with van der Waals surface area (Å²) < 4.78 is 10.7. The van der Waals surface area contributed by atoms with E-state index in [2.05, 4.69) is 26.0 Å². The van der Waals surface area contributed by atoms with Crippen molar-refractivity contribution in [3.63, 3.8) is 0 Å². The number of hydrogen-bond donors (Lipinski definition) is 0. The van der Waals surface area contributed by atoms with Gasteiger partial charge in [0.1, 0.15) is 12.4 Å². The number of hydrogen-bond acceptors (Lipinski definition) is 3. The van der Waals surface area contributed by atoms with Crippen LogP contribution in [0.25, 0.3) is 0 Å². The number of methoxy groups -OCH3 is 1. The molecule has 0 spiro atoms. The lowest BCUT2D eigenvalue weighted by atomic mass is 10.1. The zero-order valence-corrected chi connectivity index (χ0v) is 13.4. The van der Waals surface area contributed by atoms with Crippen molar-refractivity contribution in [1.29, 1.82) is 0 Å².